The summed E-state index contributed by atoms with van der Waals surface area (Å²) in [6.45, 7) is 8.88. The fourth-order valence-corrected chi connectivity index (χ4v) is 2.64. The van der Waals surface area contributed by atoms with Gasteiger partial charge in [0.15, 0.2) is 0 Å². The minimum absolute atomic E-state index is 0.590. The van der Waals surface area contributed by atoms with Crippen molar-refractivity contribution in [1.29, 1.82) is 0 Å². The topological polar surface area (TPSA) is 65.4 Å². The largest absolute Gasteiger partial charge is 0.343 e. The van der Waals surface area contributed by atoms with Crippen molar-refractivity contribution in [3.05, 3.63) is 29.5 Å². The predicted octanol–water partition coefficient (Wildman–Crippen LogP) is 2.63. The quantitative estimate of drug-likeness (QED) is 0.908. The molecule has 23 heavy (non-hydrogen) atoms. The lowest BCUT2D eigenvalue weighted by Gasteiger charge is -2.26. The number of nitrogens with zero attached hydrogens (tertiary/aromatic N) is 4. The maximum Gasteiger partial charge on any atom is 0.230 e. The van der Waals surface area contributed by atoms with Crippen molar-refractivity contribution in [1.82, 2.24) is 20.2 Å². The Morgan fingerprint density at radius 2 is 2.13 bits per heavy atom. The number of anilines is 1. The molecule has 1 aliphatic rings. The first-order chi connectivity index (χ1) is 11.2. The SMILES string of the molecule is CCCCN1CN=C(Nc2nc(C)c3cc(C)ccc3n2)NC1. The molecular formula is C17H24N6. The number of benzene rings is 1. The average molecular weight is 312 g/mol. The lowest BCUT2D eigenvalue weighted by Crippen LogP contribution is -2.46. The smallest absolute Gasteiger partial charge is 0.230 e. The van der Waals surface area contributed by atoms with Crippen LogP contribution < -0.4 is 10.6 Å². The summed E-state index contributed by atoms with van der Waals surface area (Å²) in [6, 6.07) is 6.23. The van der Waals surface area contributed by atoms with E-state index in [0.29, 0.717) is 12.6 Å². The molecule has 2 aromatic rings. The Morgan fingerprint density at radius 3 is 2.87 bits per heavy atom. The fourth-order valence-electron chi connectivity index (χ4n) is 2.64. The minimum atomic E-state index is 0.590. The summed E-state index contributed by atoms with van der Waals surface area (Å²) in [4.78, 5) is 15.9. The molecule has 2 N–H and O–H groups in total. The third kappa shape index (κ3) is 3.76. The zero-order valence-corrected chi connectivity index (χ0v) is 14.1. The van der Waals surface area contributed by atoms with Crippen molar-refractivity contribution in [3.63, 3.8) is 0 Å². The molecule has 6 heteroatoms. The van der Waals surface area contributed by atoms with E-state index in [-0.39, 0.29) is 0 Å². The third-order valence-corrected chi connectivity index (χ3v) is 4.00. The van der Waals surface area contributed by atoms with Gasteiger partial charge < -0.3 is 5.32 Å². The zero-order chi connectivity index (χ0) is 16.2. The number of rotatable bonds is 4. The van der Waals surface area contributed by atoms with Gasteiger partial charge in [-0.3, -0.25) is 10.2 Å². The van der Waals surface area contributed by atoms with E-state index in [9.17, 15) is 0 Å². The van der Waals surface area contributed by atoms with Gasteiger partial charge in [0.05, 0.1) is 24.5 Å². The normalized spacial score (nSPS) is 15.3. The van der Waals surface area contributed by atoms with E-state index in [1.54, 1.807) is 0 Å². The molecule has 0 aliphatic carbocycles. The molecule has 0 radical (unpaired) electrons. The van der Waals surface area contributed by atoms with Crippen molar-refractivity contribution >= 4 is 22.8 Å². The number of nitrogens with one attached hydrogen (secondary N) is 2. The van der Waals surface area contributed by atoms with E-state index in [1.165, 1.54) is 18.4 Å². The number of hydrogen-bond acceptors (Lipinski definition) is 6. The Hall–Kier alpha value is -2.21. The number of aliphatic imine (C=N–C) groups is 1. The average Bonchev–Trinajstić information content (AvgIpc) is 2.55. The molecule has 2 heterocycles. The number of aromatic nitrogens is 2. The summed E-state index contributed by atoms with van der Waals surface area (Å²) in [7, 11) is 0. The highest BCUT2D eigenvalue weighted by Crippen LogP contribution is 2.18. The predicted molar refractivity (Wildman–Crippen MR) is 94.6 cm³/mol. The van der Waals surface area contributed by atoms with Crippen LogP contribution in [0.1, 0.15) is 31.0 Å². The molecule has 0 saturated heterocycles. The first kappa shape index (κ1) is 15.7. The van der Waals surface area contributed by atoms with E-state index in [0.717, 1.165) is 35.8 Å². The van der Waals surface area contributed by atoms with E-state index >= 15 is 0 Å². The summed E-state index contributed by atoms with van der Waals surface area (Å²) in [5, 5.41) is 7.58. The molecule has 0 atom stereocenters. The van der Waals surface area contributed by atoms with Gasteiger partial charge in [0.1, 0.15) is 0 Å². The van der Waals surface area contributed by atoms with Crippen molar-refractivity contribution in [2.75, 3.05) is 25.2 Å². The second kappa shape index (κ2) is 6.91. The molecule has 1 aromatic carbocycles. The van der Waals surface area contributed by atoms with Gasteiger partial charge in [0, 0.05) is 11.9 Å². The molecule has 0 amide bonds. The van der Waals surface area contributed by atoms with Crippen LogP contribution in [0.5, 0.6) is 0 Å². The summed E-state index contributed by atoms with van der Waals surface area (Å²) in [5.74, 6) is 1.33. The molecule has 1 aliphatic heterocycles. The molecule has 6 nitrogen and oxygen atoms in total. The minimum Gasteiger partial charge on any atom is -0.343 e. The van der Waals surface area contributed by atoms with Crippen molar-refractivity contribution in [2.45, 2.75) is 33.6 Å². The standard InChI is InChI=1S/C17H24N6/c1-4-5-8-23-10-18-16(19-11-23)22-17-20-13(3)14-9-12(2)6-7-15(14)21-17/h6-7,9H,4-5,8,10-11H2,1-3H3,(H2,18,19,20,21,22). The number of aryl methyl sites for hydroxylation is 2. The molecular weight excluding hydrogens is 288 g/mol. The number of fused-ring (bicyclic) bond motifs is 1. The van der Waals surface area contributed by atoms with Gasteiger partial charge >= 0.3 is 0 Å². The van der Waals surface area contributed by atoms with Crippen LogP contribution in [-0.4, -0.2) is 40.7 Å². The van der Waals surface area contributed by atoms with Gasteiger partial charge in [0.25, 0.3) is 0 Å². The first-order valence-electron chi connectivity index (χ1n) is 8.18. The van der Waals surface area contributed by atoms with Crippen LogP contribution in [0.3, 0.4) is 0 Å². The number of unbranched alkanes of at least 4 members (excludes halogenated alkanes) is 1. The van der Waals surface area contributed by atoms with Crippen LogP contribution in [0.15, 0.2) is 23.2 Å². The fraction of sp³-hybridized carbons (Fsp3) is 0.471. The van der Waals surface area contributed by atoms with E-state index in [2.05, 4.69) is 56.5 Å². The van der Waals surface area contributed by atoms with Gasteiger partial charge in [-0.2, -0.15) is 0 Å². The van der Waals surface area contributed by atoms with E-state index in [4.69, 9.17) is 0 Å². The molecule has 0 unspecified atom stereocenters. The van der Waals surface area contributed by atoms with Crippen LogP contribution in [0.25, 0.3) is 10.9 Å². The van der Waals surface area contributed by atoms with E-state index in [1.807, 2.05) is 13.0 Å². The molecule has 122 valence electrons. The van der Waals surface area contributed by atoms with Gasteiger partial charge in [-0.05, 0) is 32.4 Å². The summed E-state index contributed by atoms with van der Waals surface area (Å²) in [5.41, 5.74) is 3.14. The van der Waals surface area contributed by atoms with Crippen molar-refractivity contribution in [3.8, 4) is 0 Å². The second-order valence-electron chi connectivity index (χ2n) is 6.01. The van der Waals surface area contributed by atoms with Crippen molar-refractivity contribution < 1.29 is 0 Å². The van der Waals surface area contributed by atoms with Gasteiger partial charge in [0.2, 0.25) is 11.9 Å². The molecule has 0 fully saturated rings. The Balaban J connectivity index is 1.72. The third-order valence-electron chi connectivity index (χ3n) is 4.00. The second-order valence-corrected chi connectivity index (χ2v) is 6.01. The monoisotopic (exact) mass is 312 g/mol. The highest BCUT2D eigenvalue weighted by atomic mass is 15.4. The Morgan fingerprint density at radius 1 is 1.26 bits per heavy atom. The Labute approximate surface area is 137 Å². The van der Waals surface area contributed by atoms with Gasteiger partial charge in [-0.15, -0.1) is 0 Å². The van der Waals surface area contributed by atoms with Crippen molar-refractivity contribution in [2.24, 2.45) is 4.99 Å². The summed E-state index contributed by atoms with van der Waals surface area (Å²) >= 11 is 0. The molecule has 0 spiro atoms. The maximum absolute atomic E-state index is 4.58. The lowest BCUT2D eigenvalue weighted by molar-refractivity contribution is 0.261. The van der Waals surface area contributed by atoms with Crippen LogP contribution in [-0.2, 0) is 0 Å². The highest BCUT2D eigenvalue weighted by Gasteiger charge is 2.13. The first-order valence-corrected chi connectivity index (χ1v) is 8.18. The van der Waals surface area contributed by atoms with Crippen LogP contribution in [0.4, 0.5) is 5.95 Å². The Bertz CT molecular complexity index is 724. The number of hydrogen-bond donors (Lipinski definition) is 2. The van der Waals surface area contributed by atoms with Crippen LogP contribution in [0, 0.1) is 13.8 Å². The summed E-state index contributed by atoms with van der Waals surface area (Å²) < 4.78 is 0. The highest BCUT2D eigenvalue weighted by molar-refractivity contribution is 5.93. The zero-order valence-electron chi connectivity index (χ0n) is 14.1. The Kier molecular flexibility index (Phi) is 4.71. The molecule has 0 bridgehead atoms. The molecule has 1 aromatic heterocycles. The van der Waals surface area contributed by atoms with Crippen LogP contribution >= 0.6 is 0 Å². The molecule has 0 saturated carbocycles. The maximum atomic E-state index is 4.58. The van der Waals surface area contributed by atoms with Crippen LogP contribution in [0.2, 0.25) is 0 Å². The molecule has 3 rings (SSSR count). The van der Waals surface area contributed by atoms with E-state index < -0.39 is 0 Å². The van der Waals surface area contributed by atoms with Gasteiger partial charge in [-0.25, -0.2) is 15.0 Å². The lowest BCUT2D eigenvalue weighted by atomic mass is 10.1. The number of guanidine groups is 1. The summed E-state index contributed by atoms with van der Waals surface area (Å²) in [6.07, 6.45) is 2.40. The van der Waals surface area contributed by atoms with Gasteiger partial charge in [-0.1, -0.05) is 25.0 Å².